The van der Waals surface area contributed by atoms with Crippen LogP contribution >= 0.6 is 0 Å². The molecule has 1 radical (unpaired) electrons. The van der Waals surface area contributed by atoms with Gasteiger partial charge in [0, 0.05) is 10.4 Å². The molecule has 0 aromatic heterocycles. The quantitative estimate of drug-likeness (QED) is 0.250. The van der Waals surface area contributed by atoms with Crippen LogP contribution in [0.25, 0.3) is 0 Å². The normalized spacial score (nSPS) is 6.44. The predicted molar refractivity (Wildman–Crippen MR) is 12.4 cm³/mol. The van der Waals surface area contributed by atoms with Gasteiger partial charge in [0.2, 0.25) is 0 Å². The largest absolute Gasteiger partial charge is 2.00 e. The monoisotopic (exact) mass is 267 g/mol. The Bertz CT molecular complexity index is 100. The van der Waals surface area contributed by atoms with Gasteiger partial charge in [0.25, 0.3) is 0 Å². The Kier molecular flexibility index (Phi) is 42.3. The fourth-order valence-electron chi connectivity index (χ4n) is 0. The Morgan fingerprint density at radius 1 is 1.11 bits per heavy atom. The third kappa shape index (κ3) is 349. The summed E-state index contributed by atoms with van der Waals surface area (Å²) in [5.41, 5.74) is 0. The summed E-state index contributed by atoms with van der Waals surface area (Å²) in [6.45, 7) is 0. The van der Waals surface area contributed by atoms with E-state index >= 15 is 0 Å². The van der Waals surface area contributed by atoms with Gasteiger partial charge in [0.05, 0.1) is 0 Å². The van der Waals surface area contributed by atoms with Gasteiger partial charge in [-0.15, -0.1) is 0 Å². The van der Waals surface area contributed by atoms with Crippen LogP contribution < -0.4 is 12.4 Å². The van der Waals surface area contributed by atoms with Crippen molar-refractivity contribution in [1.82, 2.24) is 0 Å². The molecule has 1 N–H and O–H groups in total. The van der Waals surface area contributed by atoms with Crippen LogP contribution in [0.15, 0.2) is 0 Å². The summed E-state index contributed by atoms with van der Waals surface area (Å²) >= 11 is 0. The summed E-state index contributed by atoms with van der Waals surface area (Å²) in [6.07, 6.45) is 0. The second-order valence-corrected chi connectivity index (χ2v) is 1.22. The topological polar surface area (TPSA) is 110 Å². The summed E-state index contributed by atoms with van der Waals surface area (Å²) < 4.78 is 34.1. The van der Waals surface area contributed by atoms with E-state index in [0.717, 1.165) is 0 Å². The molecule has 0 saturated carbocycles. The van der Waals surface area contributed by atoms with Crippen LogP contribution in [-0.2, 0) is 44.5 Å². The maximum atomic E-state index is 8.52. The molecule has 0 unspecified atom stereocenters. The summed E-state index contributed by atoms with van der Waals surface area (Å²) in [4.78, 5) is 0. The number of rotatable bonds is 0. The molecule has 0 aliphatic carbocycles. The zero-order chi connectivity index (χ0) is 4.50. The molecule has 0 amide bonds. The smallest absolute Gasteiger partial charge is 1.00 e. The van der Waals surface area contributed by atoms with Crippen molar-refractivity contribution < 1.29 is 69.5 Å². The predicted octanol–water partition coefficient (Wildman–Crippen LogP) is -4.52. The SMILES string of the molecule is O=S(=O)([O-])[O-].[Cl-].[Cu+2].[Fe+2].[OH-]. The fourth-order valence-corrected chi connectivity index (χ4v) is 0. The van der Waals surface area contributed by atoms with Crippen molar-refractivity contribution in [3.63, 3.8) is 0 Å². The Morgan fingerprint density at radius 3 is 1.11 bits per heavy atom. The van der Waals surface area contributed by atoms with Crippen molar-refractivity contribution in [3.8, 4) is 0 Å². The third-order valence-electron chi connectivity index (χ3n) is 0. The van der Waals surface area contributed by atoms with E-state index in [1.807, 2.05) is 0 Å². The Morgan fingerprint density at radius 2 is 1.11 bits per heavy atom. The van der Waals surface area contributed by atoms with Gasteiger partial charge in [-0.2, -0.15) is 0 Å². The van der Waals surface area contributed by atoms with E-state index < -0.39 is 10.4 Å². The molecule has 5 nitrogen and oxygen atoms in total. The minimum atomic E-state index is -5.17. The summed E-state index contributed by atoms with van der Waals surface area (Å²) in [5.74, 6) is 0. The van der Waals surface area contributed by atoms with Crippen molar-refractivity contribution in [2.75, 3.05) is 0 Å². The molecule has 0 bridgehead atoms. The number of halogens is 1. The van der Waals surface area contributed by atoms with E-state index in [4.69, 9.17) is 17.5 Å². The van der Waals surface area contributed by atoms with Gasteiger partial charge in [-0.1, -0.05) is 0 Å². The van der Waals surface area contributed by atoms with Gasteiger partial charge < -0.3 is 27.0 Å². The first kappa shape index (κ1) is 32.0. The van der Waals surface area contributed by atoms with Crippen molar-refractivity contribution >= 4 is 10.4 Å². The molecule has 0 aliphatic rings. The second-order valence-electron chi connectivity index (χ2n) is 0.408. The molecule has 0 spiro atoms. The van der Waals surface area contributed by atoms with Crippen LogP contribution in [0.2, 0.25) is 0 Å². The average molecular weight is 268 g/mol. The van der Waals surface area contributed by atoms with Crippen molar-refractivity contribution in [2.45, 2.75) is 0 Å². The molecule has 9 heteroatoms. The van der Waals surface area contributed by atoms with Crippen LogP contribution in [0.1, 0.15) is 0 Å². The Hall–Kier alpha value is 1.16. The second kappa shape index (κ2) is 11.9. The third-order valence-corrected chi connectivity index (χ3v) is 0. The number of hydrogen-bond donors (Lipinski definition) is 0. The molecule has 0 aromatic rings. The van der Waals surface area contributed by atoms with Crippen LogP contribution in [0.4, 0.5) is 0 Å². The molecule has 0 saturated heterocycles. The van der Waals surface area contributed by atoms with Gasteiger partial charge in [-0.3, -0.25) is 8.42 Å². The summed E-state index contributed by atoms with van der Waals surface area (Å²) in [6, 6.07) is 0. The van der Waals surface area contributed by atoms with Crippen LogP contribution in [0.5, 0.6) is 0 Å². The first-order valence-corrected chi connectivity index (χ1v) is 2.00. The first-order valence-electron chi connectivity index (χ1n) is 0.667. The maximum Gasteiger partial charge on any atom is 2.00 e. The maximum absolute atomic E-state index is 8.52. The Balaban J connectivity index is -0.0000000133. The van der Waals surface area contributed by atoms with Crippen molar-refractivity contribution in [2.24, 2.45) is 0 Å². The zero-order valence-corrected chi connectivity index (χ0v) is 7.14. The number of hydrogen-bond acceptors (Lipinski definition) is 5. The van der Waals surface area contributed by atoms with Gasteiger partial charge >= 0.3 is 34.1 Å². The molecule has 0 aromatic carbocycles. The van der Waals surface area contributed by atoms with Crippen LogP contribution in [0, 0.1) is 0 Å². The molecule has 0 fully saturated rings. The molecule has 9 heavy (non-hydrogen) atoms. The van der Waals surface area contributed by atoms with Gasteiger partial charge in [-0.05, 0) is 0 Å². The summed E-state index contributed by atoms with van der Waals surface area (Å²) in [7, 11) is -5.17. The van der Waals surface area contributed by atoms with Crippen LogP contribution in [0.3, 0.4) is 0 Å². The Labute approximate surface area is 79.8 Å². The summed E-state index contributed by atoms with van der Waals surface area (Å²) in [5, 5.41) is 0. The van der Waals surface area contributed by atoms with E-state index in [0.29, 0.717) is 0 Å². The van der Waals surface area contributed by atoms with E-state index in [9.17, 15) is 0 Å². The van der Waals surface area contributed by atoms with Gasteiger partial charge in [0.15, 0.2) is 0 Å². The molecule has 0 atom stereocenters. The van der Waals surface area contributed by atoms with E-state index in [1.165, 1.54) is 0 Å². The van der Waals surface area contributed by atoms with Gasteiger partial charge in [-0.25, -0.2) is 0 Å². The van der Waals surface area contributed by atoms with Crippen LogP contribution in [-0.4, -0.2) is 23.0 Å². The van der Waals surface area contributed by atoms with Gasteiger partial charge in [0.1, 0.15) is 0 Å². The first-order chi connectivity index (χ1) is 2.00. The molecular formula is HClCuFeO5S. The molecule has 63 valence electrons. The molecular weight excluding hydrogens is 267 g/mol. The van der Waals surface area contributed by atoms with E-state index in [-0.39, 0.29) is 52.0 Å². The van der Waals surface area contributed by atoms with E-state index in [1.54, 1.807) is 0 Å². The standard InChI is InChI=1S/ClH.Cu.Fe.H2O4S.H2O/c;;;1-5(2,3)4;/h1H;;;(H2,1,2,3,4);1H2/q;2*+2;;/p-4. The fraction of sp³-hybridized carbons (Fsp3) is 0. The minimum Gasteiger partial charge on any atom is -1.00 e. The molecule has 0 rings (SSSR count). The average Bonchev–Trinajstić information content (AvgIpc) is 0.722. The minimum absolute atomic E-state index is 0. The van der Waals surface area contributed by atoms with E-state index in [2.05, 4.69) is 0 Å². The molecule has 0 heterocycles. The molecule has 0 aliphatic heterocycles. The zero-order valence-electron chi connectivity index (χ0n) is 3.52. The van der Waals surface area contributed by atoms with Crippen molar-refractivity contribution in [3.05, 3.63) is 0 Å². The van der Waals surface area contributed by atoms with Crippen molar-refractivity contribution in [1.29, 1.82) is 0 Å².